The highest BCUT2D eigenvalue weighted by Crippen LogP contribution is 2.36. The van der Waals surface area contributed by atoms with Crippen LogP contribution in [0.4, 0.5) is 30.7 Å². The quantitative estimate of drug-likeness (QED) is 0.0844. The highest BCUT2D eigenvalue weighted by atomic mass is 31.0. The second-order valence-electron chi connectivity index (χ2n) is 9.59. The number of hydrogen-bond donors (Lipinski definition) is 0. The van der Waals surface area contributed by atoms with Crippen molar-refractivity contribution in [1.82, 2.24) is 0 Å². The van der Waals surface area contributed by atoms with Gasteiger partial charge >= 0.3 is 6.11 Å². The van der Waals surface area contributed by atoms with Crippen molar-refractivity contribution in [3.8, 4) is 34.5 Å². The molecule has 0 aromatic heterocycles. The molecule has 224 valence electrons. The van der Waals surface area contributed by atoms with Crippen molar-refractivity contribution in [2.45, 2.75) is 32.8 Å². The lowest BCUT2D eigenvalue weighted by atomic mass is 10.0. The fraction of sp³-hybridized carbons (Fsp3) is 0.188. The molecule has 2 nitrogen and oxygen atoms in total. The Labute approximate surface area is 249 Å². The number of alkyl halides is 2. The molecule has 4 aromatic carbocycles. The first kappa shape index (κ1) is 32.3. The van der Waals surface area contributed by atoms with Crippen molar-refractivity contribution < 1.29 is 40.2 Å². The summed E-state index contributed by atoms with van der Waals surface area (Å²) in [5.41, 5.74) is -1.33. The third kappa shape index (κ3) is 7.50. The average molecular weight is 636 g/mol. The van der Waals surface area contributed by atoms with Crippen molar-refractivity contribution in [2.75, 3.05) is 6.61 Å². The van der Waals surface area contributed by atoms with Gasteiger partial charge in [0.2, 0.25) is 0 Å². The summed E-state index contributed by atoms with van der Waals surface area (Å²) in [6.45, 7) is 3.62. The molecule has 0 amide bonds. The van der Waals surface area contributed by atoms with E-state index < -0.39 is 46.5 Å². The molecule has 4 rings (SSSR count). The van der Waals surface area contributed by atoms with Crippen LogP contribution in [0.3, 0.4) is 0 Å². The predicted molar refractivity (Wildman–Crippen MR) is 159 cm³/mol. The van der Waals surface area contributed by atoms with Crippen LogP contribution in [0.15, 0.2) is 54.6 Å². The van der Waals surface area contributed by atoms with Crippen LogP contribution in [0.25, 0.3) is 11.1 Å². The summed E-state index contributed by atoms with van der Waals surface area (Å²) >= 11 is 0. The molecule has 0 aliphatic carbocycles. The maximum Gasteiger partial charge on any atom is 0.430 e. The summed E-state index contributed by atoms with van der Waals surface area (Å²) in [4.78, 5) is 0. The van der Waals surface area contributed by atoms with Crippen LogP contribution in [-0.2, 0) is 6.11 Å². The van der Waals surface area contributed by atoms with E-state index >= 15 is 8.78 Å². The Morgan fingerprint density at radius 3 is 2.12 bits per heavy atom. The van der Waals surface area contributed by atoms with Crippen LogP contribution in [-0.4, -0.2) is 6.61 Å². The van der Waals surface area contributed by atoms with Gasteiger partial charge in [0.05, 0.1) is 12.2 Å². The summed E-state index contributed by atoms with van der Waals surface area (Å²) in [5.74, 6) is -0.437. The Bertz CT molecular complexity index is 1680. The maximum absolute atomic E-state index is 15.1. The van der Waals surface area contributed by atoms with Crippen molar-refractivity contribution in [3.63, 3.8) is 0 Å². The monoisotopic (exact) mass is 636 g/mol. The van der Waals surface area contributed by atoms with Crippen LogP contribution < -0.4 is 20.1 Å². The third-order valence-corrected chi connectivity index (χ3v) is 7.22. The van der Waals surface area contributed by atoms with Crippen LogP contribution >= 0.6 is 18.5 Å². The Morgan fingerprint density at radius 1 is 0.767 bits per heavy atom. The number of benzene rings is 4. The predicted octanol–water partition coefficient (Wildman–Crippen LogP) is 8.07. The second-order valence-corrected chi connectivity index (χ2v) is 10.8. The standard InChI is InChI=1S/C32H25F7O2P2/c1-3-4-9-40-20-14-25(34)23(28(42)16-20)8-6-18-5-7-22(24(33)11-18)19-12-26(35)30(29(43)13-19)32(38,39)41-21-10-17(2)31(37)27(36)15-21/h5,7,10-16H,3-4,9,42-43H2,1-2H3. The van der Waals surface area contributed by atoms with E-state index in [9.17, 15) is 22.0 Å². The zero-order valence-electron chi connectivity index (χ0n) is 22.9. The van der Waals surface area contributed by atoms with Gasteiger partial charge in [0, 0.05) is 23.3 Å². The van der Waals surface area contributed by atoms with Crippen molar-refractivity contribution in [1.29, 1.82) is 0 Å². The molecular formula is C32H25F7O2P2. The Balaban J connectivity index is 1.58. The summed E-state index contributed by atoms with van der Waals surface area (Å²) in [6, 6.07) is 9.73. The lowest BCUT2D eigenvalue weighted by molar-refractivity contribution is -0.186. The van der Waals surface area contributed by atoms with Crippen LogP contribution in [0.5, 0.6) is 11.5 Å². The van der Waals surface area contributed by atoms with Gasteiger partial charge in [-0.15, -0.1) is 18.5 Å². The Morgan fingerprint density at radius 2 is 1.49 bits per heavy atom. The smallest absolute Gasteiger partial charge is 0.430 e. The number of hydrogen-bond acceptors (Lipinski definition) is 2. The van der Waals surface area contributed by atoms with Gasteiger partial charge in [0.15, 0.2) is 11.6 Å². The van der Waals surface area contributed by atoms with Crippen molar-refractivity contribution >= 4 is 29.1 Å². The zero-order valence-corrected chi connectivity index (χ0v) is 25.2. The molecule has 11 heteroatoms. The van der Waals surface area contributed by atoms with Gasteiger partial charge in [-0.25, -0.2) is 22.0 Å². The summed E-state index contributed by atoms with van der Waals surface area (Å²) in [6.07, 6.45) is -2.52. The lowest BCUT2D eigenvalue weighted by Gasteiger charge is -2.21. The van der Waals surface area contributed by atoms with E-state index in [1.54, 1.807) is 6.07 Å². The van der Waals surface area contributed by atoms with Crippen molar-refractivity contribution in [2.24, 2.45) is 0 Å². The summed E-state index contributed by atoms with van der Waals surface area (Å²) in [7, 11) is 4.32. The zero-order chi connectivity index (χ0) is 31.5. The topological polar surface area (TPSA) is 18.5 Å². The van der Waals surface area contributed by atoms with Crippen molar-refractivity contribution in [3.05, 3.63) is 106 Å². The first-order valence-corrected chi connectivity index (χ1v) is 14.1. The van der Waals surface area contributed by atoms with Gasteiger partial charge in [-0.1, -0.05) is 31.3 Å². The molecule has 0 saturated heterocycles. The molecule has 0 radical (unpaired) electrons. The molecule has 2 atom stereocenters. The van der Waals surface area contributed by atoms with E-state index in [-0.39, 0.29) is 33.1 Å². The van der Waals surface area contributed by atoms with E-state index in [1.165, 1.54) is 18.2 Å². The Kier molecular flexibility index (Phi) is 10.1. The number of halogens is 7. The normalized spacial score (nSPS) is 11.2. The fourth-order valence-electron chi connectivity index (χ4n) is 4.16. The molecule has 2 unspecified atom stereocenters. The molecule has 0 bridgehead atoms. The second kappa shape index (κ2) is 13.4. The van der Waals surface area contributed by atoms with Gasteiger partial charge in [-0.3, -0.25) is 0 Å². The summed E-state index contributed by atoms with van der Waals surface area (Å²) < 4.78 is 112. The van der Waals surface area contributed by atoms with Gasteiger partial charge in [-0.05, 0) is 71.5 Å². The number of aryl methyl sites for hydroxylation is 1. The SMILES string of the molecule is CCCCOc1cc(F)c(C#Cc2ccc(-c3cc(F)c(C(F)(F)Oc4cc(C)c(F)c(F)c4)c(P)c3)c(F)c2)c(P)c1. The van der Waals surface area contributed by atoms with Gasteiger partial charge < -0.3 is 9.47 Å². The molecule has 0 spiro atoms. The first-order chi connectivity index (χ1) is 20.3. The highest BCUT2D eigenvalue weighted by Gasteiger charge is 2.40. The molecule has 0 aliphatic rings. The van der Waals surface area contributed by atoms with E-state index in [1.807, 2.05) is 16.2 Å². The molecule has 0 heterocycles. The number of ether oxygens (including phenoxy) is 2. The highest BCUT2D eigenvalue weighted by molar-refractivity contribution is 7.27. The van der Waals surface area contributed by atoms with Crippen LogP contribution in [0.1, 0.15) is 42.0 Å². The molecule has 0 N–H and O–H groups in total. The Hall–Kier alpha value is -3.59. The van der Waals surface area contributed by atoms with Gasteiger partial charge in [0.1, 0.15) is 34.5 Å². The van der Waals surface area contributed by atoms with E-state index in [0.717, 1.165) is 38.0 Å². The largest absolute Gasteiger partial charge is 0.493 e. The van der Waals surface area contributed by atoms with E-state index in [0.29, 0.717) is 29.8 Å². The molecule has 0 aliphatic heterocycles. The van der Waals surface area contributed by atoms with E-state index in [2.05, 4.69) is 25.8 Å². The minimum absolute atomic E-state index is 0.0559. The molecule has 0 saturated carbocycles. The fourth-order valence-corrected chi connectivity index (χ4v) is 5.02. The van der Waals surface area contributed by atoms with Crippen LogP contribution in [0, 0.1) is 47.9 Å². The molecular weight excluding hydrogens is 611 g/mol. The molecule has 0 fully saturated rings. The van der Waals surface area contributed by atoms with Crippen LogP contribution in [0.2, 0.25) is 0 Å². The third-order valence-electron chi connectivity index (χ3n) is 6.31. The number of rotatable bonds is 8. The minimum Gasteiger partial charge on any atom is -0.493 e. The van der Waals surface area contributed by atoms with Gasteiger partial charge in [0.25, 0.3) is 0 Å². The summed E-state index contributed by atoms with van der Waals surface area (Å²) in [5, 5.41) is 0.105. The molecule has 43 heavy (non-hydrogen) atoms. The minimum atomic E-state index is -4.28. The molecule has 4 aromatic rings. The average Bonchev–Trinajstić information content (AvgIpc) is 2.90. The maximum atomic E-state index is 15.1. The number of unbranched alkanes of at least 4 members (excludes halogenated alkanes) is 1. The lowest BCUT2D eigenvalue weighted by Crippen LogP contribution is -2.29. The van der Waals surface area contributed by atoms with E-state index in [4.69, 9.17) is 4.74 Å². The van der Waals surface area contributed by atoms with Gasteiger partial charge in [-0.2, -0.15) is 8.78 Å². The first-order valence-electron chi connectivity index (χ1n) is 13.0.